The van der Waals surface area contributed by atoms with E-state index in [0.29, 0.717) is 6.61 Å². The van der Waals surface area contributed by atoms with Crippen molar-refractivity contribution in [1.82, 2.24) is 4.90 Å². The van der Waals surface area contributed by atoms with Crippen molar-refractivity contribution in [3.63, 3.8) is 0 Å². The summed E-state index contributed by atoms with van der Waals surface area (Å²) in [5.74, 6) is 1.71. The molecule has 1 aromatic rings. The van der Waals surface area contributed by atoms with E-state index in [1.165, 1.54) is 0 Å². The van der Waals surface area contributed by atoms with Crippen molar-refractivity contribution in [1.29, 1.82) is 0 Å². The molecule has 1 aromatic carbocycles. The number of nitrogens with zero attached hydrogens (tertiary/aromatic N) is 1. The summed E-state index contributed by atoms with van der Waals surface area (Å²) in [7, 11) is 5.39. The van der Waals surface area contributed by atoms with E-state index in [1.807, 2.05) is 33.0 Å². The lowest BCUT2D eigenvalue weighted by molar-refractivity contribution is -0.150. The van der Waals surface area contributed by atoms with Gasteiger partial charge in [-0.15, -0.1) is 0 Å². The van der Waals surface area contributed by atoms with Gasteiger partial charge in [-0.05, 0) is 45.0 Å². The van der Waals surface area contributed by atoms with Crippen LogP contribution in [-0.2, 0) is 9.53 Å². The molecule has 2 rings (SSSR count). The average Bonchev–Trinajstić information content (AvgIpc) is 2.54. The molecule has 0 bridgehead atoms. The molecule has 1 saturated heterocycles. The average molecular weight is 321 g/mol. The van der Waals surface area contributed by atoms with E-state index >= 15 is 0 Å². The minimum Gasteiger partial charge on any atom is -0.496 e. The van der Waals surface area contributed by atoms with Crippen LogP contribution in [0.2, 0.25) is 0 Å². The largest absolute Gasteiger partial charge is 0.496 e. The van der Waals surface area contributed by atoms with Crippen molar-refractivity contribution in [2.45, 2.75) is 26.2 Å². The number of likely N-dealkylation sites (tertiary alicyclic amines) is 1. The first-order valence-electron chi connectivity index (χ1n) is 8.07. The quantitative estimate of drug-likeness (QED) is 0.780. The zero-order valence-corrected chi connectivity index (χ0v) is 14.7. The molecule has 1 aliphatic heterocycles. The number of hydrogen-bond donors (Lipinski definition) is 0. The number of methoxy groups -OCH3 is 2. The molecule has 2 atom stereocenters. The fourth-order valence-electron chi connectivity index (χ4n) is 3.37. The fraction of sp³-hybridized carbons (Fsp3) is 0.611. The van der Waals surface area contributed by atoms with Gasteiger partial charge >= 0.3 is 5.97 Å². The van der Waals surface area contributed by atoms with E-state index in [-0.39, 0.29) is 17.8 Å². The Morgan fingerprint density at radius 1 is 1.22 bits per heavy atom. The van der Waals surface area contributed by atoms with E-state index in [2.05, 4.69) is 4.90 Å². The van der Waals surface area contributed by atoms with E-state index in [0.717, 1.165) is 42.1 Å². The zero-order valence-electron chi connectivity index (χ0n) is 14.7. The summed E-state index contributed by atoms with van der Waals surface area (Å²) in [5, 5.41) is 0. The molecule has 1 fully saturated rings. The molecule has 0 spiro atoms. The van der Waals surface area contributed by atoms with Crippen LogP contribution in [0.1, 0.15) is 30.4 Å². The number of aryl methyl sites for hydroxylation is 1. The SMILES string of the molecule is CCOC(=O)C1CC(c2cc(OC)c(C)cc2OC)CN(C)C1. The normalized spacial score (nSPS) is 21.8. The number of carbonyl (C=O) groups excluding carboxylic acids is 1. The van der Waals surface area contributed by atoms with Gasteiger partial charge in [-0.1, -0.05) is 0 Å². The number of carbonyl (C=O) groups is 1. The lowest BCUT2D eigenvalue weighted by Gasteiger charge is -2.35. The molecule has 0 radical (unpaired) electrons. The standard InChI is InChI=1S/C18H27NO4/c1-6-23-18(20)14-8-13(10-19(3)11-14)15-9-16(21-4)12(2)7-17(15)22-5/h7,9,13-14H,6,8,10-11H2,1-5H3. The number of rotatable bonds is 5. The summed E-state index contributed by atoms with van der Waals surface area (Å²) in [6.07, 6.45) is 0.770. The second-order valence-electron chi connectivity index (χ2n) is 6.17. The van der Waals surface area contributed by atoms with Crippen LogP contribution in [0, 0.1) is 12.8 Å². The van der Waals surface area contributed by atoms with Gasteiger partial charge in [-0.3, -0.25) is 4.79 Å². The predicted octanol–water partition coefficient (Wildman–Crippen LogP) is 2.61. The molecule has 2 unspecified atom stereocenters. The molecule has 5 heteroatoms. The zero-order chi connectivity index (χ0) is 17.0. The molecule has 23 heavy (non-hydrogen) atoms. The number of piperidine rings is 1. The third-order valence-corrected chi connectivity index (χ3v) is 4.44. The molecule has 0 saturated carbocycles. The minimum atomic E-state index is -0.109. The molecule has 0 amide bonds. The van der Waals surface area contributed by atoms with Crippen LogP contribution < -0.4 is 9.47 Å². The number of hydrogen-bond acceptors (Lipinski definition) is 5. The number of esters is 1. The summed E-state index contributed by atoms with van der Waals surface area (Å²) in [6.45, 7) is 5.89. The fourth-order valence-corrected chi connectivity index (χ4v) is 3.37. The Morgan fingerprint density at radius 3 is 2.52 bits per heavy atom. The van der Waals surface area contributed by atoms with Crippen molar-refractivity contribution >= 4 is 5.97 Å². The third kappa shape index (κ3) is 3.96. The molecule has 0 aliphatic carbocycles. The molecular weight excluding hydrogens is 294 g/mol. The second kappa shape index (κ2) is 7.68. The molecule has 128 valence electrons. The number of likely N-dealkylation sites (N-methyl/N-ethyl adjacent to an activating group) is 1. The van der Waals surface area contributed by atoms with Gasteiger partial charge in [0.2, 0.25) is 0 Å². The minimum absolute atomic E-state index is 0.101. The van der Waals surface area contributed by atoms with Crippen LogP contribution in [0.3, 0.4) is 0 Å². The molecule has 1 aliphatic rings. The van der Waals surface area contributed by atoms with Gasteiger partial charge in [0.15, 0.2) is 0 Å². The summed E-state index contributed by atoms with van der Waals surface area (Å²) in [4.78, 5) is 14.3. The van der Waals surface area contributed by atoms with Crippen LogP contribution in [0.5, 0.6) is 11.5 Å². The van der Waals surface area contributed by atoms with Gasteiger partial charge in [-0.25, -0.2) is 0 Å². The maximum Gasteiger partial charge on any atom is 0.310 e. The van der Waals surface area contributed by atoms with Crippen LogP contribution >= 0.6 is 0 Å². The first-order valence-corrected chi connectivity index (χ1v) is 8.07. The van der Waals surface area contributed by atoms with Crippen molar-refractivity contribution in [3.05, 3.63) is 23.3 Å². The van der Waals surface area contributed by atoms with Gasteiger partial charge in [0, 0.05) is 24.6 Å². The Bertz CT molecular complexity index is 558. The summed E-state index contributed by atoms with van der Waals surface area (Å²) in [5.41, 5.74) is 2.13. The van der Waals surface area contributed by atoms with Gasteiger partial charge in [-0.2, -0.15) is 0 Å². The van der Waals surface area contributed by atoms with Crippen molar-refractivity contribution < 1.29 is 19.0 Å². The van der Waals surface area contributed by atoms with Crippen LogP contribution in [-0.4, -0.2) is 51.8 Å². The van der Waals surface area contributed by atoms with Gasteiger partial charge in [0.05, 0.1) is 26.7 Å². The number of benzene rings is 1. The van der Waals surface area contributed by atoms with Crippen molar-refractivity contribution in [2.75, 3.05) is 41.0 Å². The highest BCUT2D eigenvalue weighted by Crippen LogP contribution is 2.38. The molecule has 1 heterocycles. The molecule has 5 nitrogen and oxygen atoms in total. The lowest BCUT2D eigenvalue weighted by Crippen LogP contribution is -2.40. The molecule has 0 aromatic heterocycles. The summed E-state index contributed by atoms with van der Waals surface area (Å²) >= 11 is 0. The first kappa shape index (κ1) is 17.6. The van der Waals surface area contributed by atoms with Gasteiger partial charge in [0.1, 0.15) is 11.5 Å². The number of ether oxygens (including phenoxy) is 3. The maximum atomic E-state index is 12.1. The van der Waals surface area contributed by atoms with E-state index < -0.39 is 0 Å². The highest BCUT2D eigenvalue weighted by atomic mass is 16.5. The summed E-state index contributed by atoms with van der Waals surface area (Å²) < 4.78 is 16.2. The third-order valence-electron chi connectivity index (χ3n) is 4.44. The van der Waals surface area contributed by atoms with E-state index in [1.54, 1.807) is 14.2 Å². The van der Waals surface area contributed by atoms with Crippen LogP contribution in [0.4, 0.5) is 0 Å². The van der Waals surface area contributed by atoms with Crippen molar-refractivity contribution in [2.24, 2.45) is 5.92 Å². The Hall–Kier alpha value is -1.75. The molecule has 0 N–H and O–H groups in total. The Balaban J connectivity index is 2.30. The second-order valence-corrected chi connectivity index (χ2v) is 6.17. The smallest absolute Gasteiger partial charge is 0.310 e. The highest BCUT2D eigenvalue weighted by Gasteiger charge is 2.33. The lowest BCUT2D eigenvalue weighted by atomic mass is 9.84. The highest BCUT2D eigenvalue weighted by molar-refractivity contribution is 5.73. The monoisotopic (exact) mass is 321 g/mol. The van der Waals surface area contributed by atoms with Crippen LogP contribution in [0.25, 0.3) is 0 Å². The van der Waals surface area contributed by atoms with Gasteiger partial charge < -0.3 is 19.1 Å². The maximum absolute atomic E-state index is 12.1. The Kier molecular flexibility index (Phi) is 5.88. The topological polar surface area (TPSA) is 48.0 Å². The van der Waals surface area contributed by atoms with E-state index in [9.17, 15) is 4.79 Å². The molecular formula is C18H27NO4. The van der Waals surface area contributed by atoms with E-state index in [4.69, 9.17) is 14.2 Å². The Labute approximate surface area is 138 Å². The van der Waals surface area contributed by atoms with Crippen LogP contribution in [0.15, 0.2) is 12.1 Å². The predicted molar refractivity (Wildman–Crippen MR) is 89.3 cm³/mol. The Morgan fingerprint density at radius 2 is 1.91 bits per heavy atom. The van der Waals surface area contributed by atoms with Gasteiger partial charge in [0.25, 0.3) is 0 Å². The summed E-state index contributed by atoms with van der Waals surface area (Å²) in [6, 6.07) is 4.04. The van der Waals surface area contributed by atoms with Crippen molar-refractivity contribution in [3.8, 4) is 11.5 Å². The first-order chi connectivity index (χ1) is 11.0.